The number of esters is 2. The second kappa shape index (κ2) is 54.9. The van der Waals surface area contributed by atoms with Crippen LogP contribution in [0.5, 0.6) is 0 Å². The Labute approximate surface area is 405 Å². The van der Waals surface area contributed by atoms with Gasteiger partial charge >= 0.3 is 11.9 Å². The van der Waals surface area contributed by atoms with Crippen molar-refractivity contribution in [3.8, 4) is 0 Å². The molecule has 1 unspecified atom stereocenters. The van der Waals surface area contributed by atoms with Crippen molar-refractivity contribution in [3.05, 3.63) is 158 Å². The first-order chi connectivity index (χ1) is 32.6. The van der Waals surface area contributed by atoms with E-state index in [-0.39, 0.29) is 25.2 Å². The molecule has 368 valence electrons. The molecule has 0 saturated carbocycles. The summed E-state index contributed by atoms with van der Waals surface area (Å²) in [4.78, 5) is 25.4. The zero-order valence-corrected chi connectivity index (χ0v) is 42.1. The van der Waals surface area contributed by atoms with E-state index in [2.05, 4.69) is 179 Å². The monoisotopic (exact) mass is 907 g/mol. The zero-order valence-electron chi connectivity index (χ0n) is 42.1. The lowest BCUT2D eigenvalue weighted by molar-refractivity contribution is -0.162. The van der Waals surface area contributed by atoms with Gasteiger partial charge in [-0.15, -0.1) is 0 Å². The summed E-state index contributed by atoms with van der Waals surface area (Å²) in [6.45, 7) is 7.18. The Morgan fingerprint density at radius 3 is 1.05 bits per heavy atom. The third kappa shape index (κ3) is 52.1. The molecule has 0 rings (SSSR count). The maximum Gasteiger partial charge on any atom is 0.306 e. The molecule has 0 bridgehead atoms. The van der Waals surface area contributed by atoms with Crippen molar-refractivity contribution in [2.24, 2.45) is 0 Å². The molecule has 0 saturated heterocycles. The van der Waals surface area contributed by atoms with E-state index in [1.165, 1.54) is 19.3 Å². The van der Waals surface area contributed by atoms with Gasteiger partial charge in [0, 0.05) is 12.8 Å². The number of unbranched alkanes of at least 4 members (excludes halogenated alkanes) is 8. The van der Waals surface area contributed by atoms with E-state index < -0.39 is 6.10 Å². The maximum absolute atomic E-state index is 12.8. The fourth-order valence-electron chi connectivity index (χ4n) is 6.32. The van der Waals surface area contributed by atoms with Crippen LogP contribution in [-0.2, 0) is 23.8 Å². The molecule has 0 spiro atoms. The van der Waals surface area contributed by atoms with E-state index in [1.807, 2.05) is 0 Å². The molecular formula is C61H94O5. The Balaban J connectivity index is 4.50. The minimum Gasteiger partial charge on any atom is -0.462 e. The van der Waals surface area contributed by atoms with Crippen LogP contribution in [0.4, 0.5) is 0 Å². The van der Waals surface area contributed by atoms with Gasteiger partial charge in [0.1, 0.15) is 6.61 Å². The summed E-state index contributed by atoms with van der Waals surface area (Å²) in [6, 6.07) is 0. The molecule has 0 aliphatic carbocycles. The van der Waals surface area contributed by atoms with E-state index in [4.69, 9.17) is 14.2 Å². The van der Waals surface area contributed by atoms with Gasteiger partial charge in [-0.3, -0.25) is 9.59 Å². The Kier molecular flexibility index (Phi) is 51.1. The van der Waals surface area contributed by atoms with Gasteiger partial charge in [0.05, 0.1) is 13.2 Å². The summed E-state index contributed by atoms with van der Waals surface area (Å²) in [5.41, 5.74) is 0. The summed E-state index contributed by atoms with van der Waals surface area (Å²) >= 11 is 0. The average molecular weight is 907 g/mol. The zero-order chi connectivity index (χ0) is 47.7. The molecule has 0 fully saturated rings. The van der Waals surface area contributed by atoms with E-state index in [1.54, 1.807) is 0 Å². The molecule has 0 N–H and O–H groups in total. The van der Waals surface area contributed by atoms with Crippen LogP contribution in [0.15, 0.2) is 158 Å². The van der Waals surface area contributed by atoms with Crippen molar-refractivity contribution >= 4 is 11.9 Å². The number of ether oxygens (including phenoxy) is 3. The van der Waals surface area contributed by atoms with Crippen LogP contribution in [0.2, 0.25) is 0 Å². The summed E-state index contributed by atoms with van der Waals surface area (Å²) in [7, 11) is 0. The predicted molar refractivity (Wildman–Crippen MR) is 288 cm³/mol. The fourth-order valence-corrected chi connectivity index (χ4v) is 6.32. The topological polar surface area (TPSA) is 61.8 Å². The first-order valence-corrected chi connectivity index (χ1v) is 26.0. The van der Waals surface area contributed by atoms with Crippen molar-refractivity contribution < 1.29 is 23.8 Å². The highest BCUT2D eigenvalue weighted by atomic mass is 16.6. The molecule has 5 heteroatoms. The Bertz CT molecular complexity index is 1490. The number of carbonyl (C=O) groups excluding carboxylic acids is 2. The van der Waals surface area contributed by atoms with Crippen LogP contribution in [0, 0.1) is 0 Å². The predicted octanol–water partition coefficient (Wildman–Crippen LogP) is 17.9. The van der Waals surface area contributed by atoms with Crippen molar-refractivity contribution in [3.63, 3.8) is 0 Å². The molecule has 0 radical (unpaired) electrons. The van der Waals surface area contributed by atoms with Crippen LogP contribution in [0.1, 0.15) is 188 Å². The molecule has 0 aromatic rings. The fraction of sp³-hybridized carbons (Fsp3) is 0.541. The van der Waals surface area contributed by atoms with Gasteiger partial charge < -0.3 is 14.2 Å². The van der Waals surface area contributed by atoms with Crippen molar-refractivity contribution in [1.29, 1.82) is 0 Å². The summed E-state index contributed by atoms with van der Waals surface area (Å²) in [5.74, 6) is -0.517. The Morgan fingerprint density at radius 2 is 0.636 bits per heavy atom. The molecule has 5 nitrogen and oxygen atoms in total. The van der Waals surface area contributed by atoms with E-state index >= 15 is 0 Å². The first-order valence-electron chi connectivity index (χ1n) is 26.0. The minimum atomic E-state index is -0.616. The molecule has 0 aromatic carbocycles. The van der Waals surface area contributed by atoms with E-state index in [9.17, 15) is 9.59 Å². The lowest BCUT2D eigenvalue weighted by atomic mass is 10.1. The quantitative estimate of drug-likeness (QED) is 0.0346. The van der Waals surface area contributed by atoms with Gasteiger partial charge in [0.15, 0.2) is 6.10 Å². The Morgan fingerprint density at radius 1 is 0.333 bits per heavy atom. The first kappa shape index (κ1) is 61.5. The summed E-state index contributed by atoms with van der Waals surface area (Å²) < 4.78 is 17.3. The van der Waals surface area contributed by atoms with Gasteiger partial charge in [-0.05, 0) is 128 Å². The molecule has 1 atom stereocenters. The summed E-state index contributed by atoms with van der Waals surface area (Å²) in [5, 5.41) is 0. The molecule has 0 heterocycles. The standard InChI is InChI=1S/C61H94O5/c1-4-7-10-13-16-19-22-25-28-30-31-32-34-36-39-42-45-48-51-54-60(62)65-58-59(57-64-56-53-50-47-44-41-38-35-29-26-23-20-17-14-11-8-5-2)66-61(63)55-52-49-46-43-40-37-33-27-24-21-18-15-12-9-6-3/h7-12,16-21,25-29,31-33,38,40-41,43,47,50,59H,4-6,13-15,22-24,30,34-37,39,42,44-46,48-49,51-58H2,1-3H3/b10-7-,11-8-,12-9-,19-16-,20-17-,21-18-,28-25-,29-26-,32-31-,33-27-,41-38-,43-40-,50-47-. The average Bonchev–Trinajstić information content (AvgIpc) is 3.32. The van der Waals surface area contributed by atoms with Crippen molar-refractivity contribution in [2.75, 3.05) is 19.8 Å². The van der Waals surface area contributed by atoms with E-state index in [0.717, 1.165) is 135 Å². The maximum atomic E-state index is 12.8. The molecular weight excluding hydrogens is 813 g/mol. The number of rotatable bonds is 45. The Hall–Kier alpha value is -4.48. The highest BCUT2D eigenvalue weighted by molar-refractivity contribution is 5.70. The molecule has 0 amide bonds. The van der Waals surface area contributed by atoms with Crippen LogP contribution < -0.4 is 0 Å². The molecule has 66 heavy (non-hydrogen) atoms. The third-order valence-corrected chi connectivity index (χ3v) is 10.1. The van der Waals surface area contributed by atoms with Gasteiger partial charge in [0.2, 0.25) is 0 Å². The summed E-state index contributed by atoms with van der Waals surface area (Å²) in [6.07, 6.45) is 81.3. The second-order valence-corrected chi connectivity index (χ2v) is 16.3. The van der Waals surface area contributed by atoms with E-state index in [0.29, 0.717) is 19.4 Å². The lowest BCUT2D eigenvalue weighted by Crippen LogP contribution is -2.30. The van der Waals surface area contributed by atoms with Crippen molar-refractivity contribution in [2.45, 2.75) is 194 Å². The van der Waals surface area contributed by atoms with Crippen LogP contribution in [0.25, 0.3) is 0 Å². The second-order valence-electron chi connectivity index (χ2n) is 16.3. The third-order valence-electron chi connectivity index (χ3n) is 10.1. The largest absolute Gasteiger partial charge is 0.462 e. The molecule has 0 aliphatic heterocycles. The van der Waals surface area contributed by atoms with Gasteiger partial charge in [-0.25, -0.2) is 0 Å². The highest BCUT2D eigenvalue weighted by Crippen LogP contribution is 2.11. The lowest BCUT2D eigenvalue weighted by Gasteiger charge is -2.18. The number of hydrogen-bond acceptors (Lipinski definition) is 5. The number of carbonyl (C=O) groups is 2. The van der Waals surface area contributed by atoms with Crippen molar-refractivity contribution in [1.82, 2.24) is 0 Å². The molecule has 0 aliphatic rings. The smallest absolute Gasteiger partial charge is 0.306 e. The van der Waals surface area contributed by atoms with Crippen LogP contribution in [-0.4, -0.2) is 37.9 Å². The van der Waals surface area contributed by atoms with Crippen LogP contribution >= 0.6 is 0 Å². The van der Waals surface area contributed by atoms with Gasteiger partial charge in [-0.2, -0.15) is 0 Å². The molecule has 0 aromatic heterocycles. The van der Waals surface area contributed by atoms with Gasteiger partial charge in [-0.1, -0.05) is 204 Å². The number of allylic oxidation sites excluding steroid dienone is 25. The number of hydrogen-bond donors (Lipinski definition) is 0. The van der Waals surface area contributed by atoms with Gasteiger partial charge in [0.25, 0.3) is 0 Å². The highest BCUT2D eigenvalue weighted by Gasteiger charge is 2.17. The normalized spacial score (nSPS) is 13.6. The van der Waals surface area contributed by atoms with Crippen LogP contribution in [0.3, 0.4) is 0 Å². The SMILES string of the molecule is CC/C=C\C/C=C\C/C=C\C/C=C\C/C=C\CCOCC(COC(=O)CCCCCCCC/C=C\C/C=C\C/C=C\C/C=C\CC)OC(=O)CCCC/C=C\C/C=C\C/C=C\C/C=C\CC. The minimum absolute atomic E-state index is 0.0193.